The Morgan fingerprint density at radius 1 is 1.15 bits per heavy atom. The smallest absolute Gasteiger partial charge is 0.306 e. The van der Waals surface area contributed by atoms with Gasteiger partial charge in [0.2, 0.25) is 5.91 Å². The molecule has 2 amide bonds. The lowest BCUT2D eigenvalue weighted by Crippen LogP contribution is -2.45. The van der Waals surface area contributed by atoms with E-state index < -0.39 is 23.1 Å². The third-order valence-corrected chi connectivity index (χ3v) is 5.50. The molecule has 1 aromatic carbocycles. The lowest BCUT2D eigenvalue weighted by molar-refractivity contribution is -0.155. The van der Waals surface area contributed by atoms with Gasteiger partial charge in [0.1, 0.15) is 17.2 Å². The zero-order chi connectivity index (χ0) is 24.7. The van der Waals surface area contributed by atoms with Crippen LogP contribution in [0.15, 0.2) is 23.0 Å². The summed E-state index contributed by atoms with van der Waals surface area (Å²) in [6, 6.07) is 4.44. The summed E-state index contributed by atoms with van der Waals surface area (Å²) in [5.41, 5.74) is 0.394. The first-order valence-electron chi connectivity index (χ1n) is 11.8. The van der Waals surface area contributed by atoms with Crippen LogP contribution < -0.4 is 16.2 Å². The lowest BCUT2D eigenvalue weighted by Gasteiger charge is -2.21. The molecule has 10 heteroatoms. The molecule has 1 fully saturated rings. The minimum Gasteiger partial charge on any atom is -0.460 e. The number of benzene rings is 1. The number of amides is 2. The Hall–Kier alpha value is -3.30. The molecular weight excluding hydrogens is 438 g/mol. The SMILES string of the molecule is CC(C)(C)OC(=O)CCCCCCCNc1ccc2nnn(C3CCC(=O)NC3=O)c(=O)c2c1. The van der Waals surface area contributed by atoms with Crippen LogP contribution >= 0.6 is 0 Å². The van der Waals surface area contributed by atoms with Crippen molar-refractivity contribution in [1.82, 2.24) is 20.3 Å². The van der Waals surface area contributed by atoms with E-state index in [0.29, 0.717) is 17.3 Å². The fourth-order valence-corrected chi connectivity index (χ4v) is 3.83. The maximum absolute atomic E-state index is 12.9. The van der Waals surface area contributed by atoms with Crippen LogP contribution in [0.25, 0.3) is 10.9 Å². The van der Waals surface area contributed by atoms with E-state index in [2.05, 4.69) is 20.9 Å². The van der Waals surface area contributed by atoms with Crippen LogP contribution in [0, 0.1) is 0 Å². The molecule has 1 saturated heterocycles. The van der Waals surface area contributed by atoms with Gasteiger partial charge < -0.3 is 10.1 Å². The summed E-state index contributed by atoms with van der Waals surface area (Å²) in [4.78, 5) is 48.2. The van der Waals surface area contributed by atoms with Gasteiger partial charge in [0.25, 0.3) is 11.5 Å². The van der Waals surface area contributed by atoms with Crippen molar-refractivity contribution in [1.29, 1.82) is 0 Å². The first kappa shape index (κ1) is 25.3. The van der Waals surface area contributed by atoms with Gasteiger partial charge in [0.15, 0.2) is 0 Å². The number of nitrogens with zero attached hydrogens (tertiary/aromatic N) is 3. The Labute approximate surface area is 198 Å². The quantitative estimate of drug-likeness (QED) is 0.307. The maximum Gasteiger partial charge on any atom is 0.306 e. The molecule has 0 saturated carbocycles. The molecular formula is C24H33N5O5. The van der Waals surface area contributed by atoms with Gasteiger partial charge >= 0.3 is 5.97 Å². The van der Waals surface area contributed by atoms with E-state index >= 15 is 0 Å². The predicted octanol–water partition coefficient (Wildman–Crippen LogP) is 2.86. The van der Waals surface area contributed by atoms with Crippen molar-refractivity contribution >= 4 is 34.4 Å². The minimum absolute atomic E-state index is 0.146. The van der Waals surface area contributed by atoms with Crippen LogP contribution in [-0.4, -0.2) is 44.9 Å². The molecule has 1 aromatic heterocycles. The average molecular weight is 472 g/mol. The molecule has 1 atom stereocenters. The number of hydrogen-bond acceptors (Lipinski definition) is 8. The van der Waals surface area contributed by atoms with Crippen molar-refractivity contribution in [3.05, 3.63) is 28.6 Å². The number of aromatic nitrogens is 3. The molecule has 184 valence electrons. The van der Waals surface area contributed by atoms with E-state index in [4.69, 9.17) is 4.74 Å². The van der Waals surface area contributed by atoms with Gasteiger partial charge in [0.05, 0.1) is 5.39 Å². The molecule has 0 aliphatic carbocycles. The number of rotatable bonds is 10. The normalized spacial score (nSPS) is 16.4. The van der Waals surface area contributed by atoms with Crippen LogP contribution in [0.1, 0.15) is 78.2 Å². The van der Waals surface area contributed by atoms with Gasteiger partial charge in [-0.15, -0.1) is 5.10 Å². The molecule has 2 aromatic rings. The Kier molecular flexibility index (Phi) is 8.36. The molecule has 10 nitrogen and oxygen atoms in total. The summed E-state index contributed by atoms with van der Waals surface area (Å²) < 4.78 is 6.37. The van der Waals surface area contributed by atoms with Gasteiger partial charge in [0, 0.05) is 25.1 Å². The molecule has 34 heavy (non-hydrogen) atoms. The highest BCUT2D eigenvalue weighted by Gasteiger charge is 2.30. The topological polar surface area (TPSA) is 132 Å². The summed E-state index contributed by atoms with van der Waals surface area (Å²) >= 11 is 0. The standard InChI is InChI=1S/C24H33N5O5/c1-24(2,3)34-21(31)9-7-5-4-6-8-14-25-16-10-11-18-17(15-16)23(33)29(28-27-18)19-12-13-20(30)26-22(19)32/h10-11,15,19,25H,4-9,12-14H2,1-3H3,(H,26,30,32). The highest BCUT2D eigenvalue weighted by atomic mass is 16.6. The molecule has 1 aliphatic rings. The molecule has 2 N–H and O–H groups in total. The number of anilines is 1. The zero-order valence-electron chi connectivity index (χ0n) is 20.1. The lowest BCUT2D eigenvalue weighted by atomic mass is 10.1. The first-order valence-corrected chi connectivity index (χ1v) is 11.8. The summed E-state index contributed by atoms with van der Waals surface area (Å²) in [7, 11) is 0. The second kappa shape index (κ2) is 11.2. The monoisotopic (exact) mass is 471 g/mol. The number of ether oxygens (including phenoxy) is 1. The summed E-state index contributed by atoms with van der Waals surface area (Å²) in [6.07, 6.45) is 5.66. The molecule has 0 bridgehead atoms. The van der Waals surface area contributed by atoms with Gasteiger partial charge in [-0.3, -0.25) is 24.5 Å². The molecule has 3 rings (SSSR count). The maximum atomic E-state index is 12.9. The highest BCUT2D eigenvalue weighted by molar-refractivity contribution is 5.99. The molecule has 0 radical (unpaired) electrons. The van der Waals surface area contributed by atoms with Crippen molar-refractivity contribution in [3.63, 3.8) is 0 Å². The van der Waals surface area contributed by atoms with Crippen molar-refractivity contribution in [2.45, 2.75) is 83.8 Å². The van der Waals surface area contributed by atoms with Gasteiger partial charge in [-0.05, 0) is 58.2 Å². The number of fused-ring (bicyclic) bond motifs is 1. The first-order chi connectivity index (χ1) is 16.1. The number of carbonyl (C=O) groups is 3. The van der Waals surface area contributed by atoms with Crippen LogP contribution in [0.5, 0.6) is 0 Å². The average Bonchev–Trinajstić information content (AvgIpc) is 2.75. The number of piperidine rings is 1. The zero-order valence-corrected chi connectivity index (χ0v) is 20.1. The van der Waals surface area contributed by atoms with Crippen molar-refractivity contribution in [3.8, 4) is 0 Å². The summed E-state index contributed by atoms with van der Waals surface area (Å²) in [6.45, 7) is 6.36. The summed E-state index contributed by atoms with van der Waals surface area (Å²) in [5, 5.41) is 13.9. The van der Waals surface area contributed by atoms with E-state index in [9.17, 15) is 19.2 Å². The van der Waals surface area contributed by atoms with Crippen LogP contribution in [0.4, 0.5) is 5.69 Å². The van der Waals surface area contributed by atoms with Gasteiger partial charge in [-0.2, -0.15) is 4.68 Å². The predicted molar refractivity (Wildman–Crippen MR) is 127 cm³/mol. The highest BCUT2D eigenvalue weighted by Crippen LogP contribution is 2.19. The number of carbonyl (C=O) groups excluding carboxylic acids is 3. The molecule has 2 heterocycles. The van der Waals surface area contributed by atoms with Crippen molar-refractivity contribution < 1.29 is 19.1 Å². The molecule has 1 aliphatic heterocycles. The van der Waals surface area contributed by atoms with Crippen molar-refractivity contribution in [2.75, 3.05) is 11.9 Å². The van der Waals surface area contributed by atoms with Crippen molar-refractivity contribution in [2.24, 2.45) is 0 Å². The third-order valence-electron chi connectivity index (χ3n) is 5.50. The molecule has 0 spiro atoms. The fourth-order valence-electron chi connectivity index (χ4n) is 3.83. The third kappa shape index (κ3) is 7.10. The summed E-state index contributed by atoms with van der Waals surface area (Å²) in [5.74, 6) is -1.03. The van der Waals surface area contributed by atoms with E-state index in [0.717, 1.165) is 49.0 Å². The fraction of sp³-hybridized carbons (Fsp3) is 0.583. The van der Waals surface area contributed by atoms with E-state index in [-0.39, 0.29) is 24.7 Å². The number of hydrogen-bond donors (Lipinski definition) is 2. The number of unbranched alkanes of at least 4 members (excludes halogenated alkanes) is 4. The van der Waals surface area contributed by atoms with E-state index in [1.807, 2.05) is 26.8 Å². The number of esters is 1. The Balaban J connectivity index is 1.46. The minimum atomic E-state index is -0.839. The molecule has 1 unspecified atom stereocenters. The van der Waals surface area contributed by atoms with Crippen LogP contribution in [0.3, 0.4) is 0 Å². The Morgan fingerprint density at radius 2 is 1.88 bits per heavy atom. The van der Waals surface area contributed by atoms with Gasteiger partial charge in [-0.25, -0.2) is 0 Å². The van der Waals surface area contributed by atoms with E-state index in [1.54, 1.807) is 12.1 Å². The Bertz CT molecular complexity index is 1110. The Morgan fingerprint density at radius 3 is 2.62 bits per heavy atom. The number of imide groups is 1. The second-order valence-corrected chi connectivity index (χ2v) is 9.57. The van der Waals surface area contributed by atoms with Gasteiger partial charge in [-0.1, -0.05) is 24.5 Å². The van der Waals surface area contributed by atoms with Crippen LogP contribution in [-0.2, 0) is 19.1 Å². The number of nitrogens with one attached hydrogen (secondary N) is 2. The largest absolute Gasteiger partial charge is 0.460 e. The van der Waals surface area contributed by atoms with Crippen LogP contribution in [0.2, 0.25) is 0 Å². The second-order valence-electron chi connectivity index (χ2n) is 9.57. The van der Waals surface area contributed by atoms with E-state index in [1.165, 1.54) is 0 Å².